The van der Waals surface area contributed by atoms with Crippen LogP contribution < -0.4 is 16.0 Å². The van der Waals surface area contributed by atoms with Gasteiger partial charge in [-0.2, -0.15) is 12.6 Å². The van der Waals surface area contributed by atoms with Gasteiger partial charge in [-0.15, -0.1) is 0 Å². The summed E-state index contributed by atoms with van der Waals surface area (Å²) >= 11 is 3.96. The molecule has 25 heavy (non-hydrogen) atoms. The van der Waals surface area contributed by atoms with Gasteiger partial charge in [0.15, 0.2) is 0 Å². The third-order valence-electron chi connectivity index (χ3n) is 2.88. The van der Waals surface area contributed by atoms with Crippen LogP contribution >= 0.6 is 12.6 Å². The lowest BCUT2D eigenvalue weighted by Gasteiger charge is -2.17. The first kappa shape index (κ1) is 22.7. The number of carbonyl (C=O) groups excluding carboxylic acids is 4. The summed E-state index contributed by atoms with van der Waals surface area (Å²) in [6, 6.07) is -2.19. The van der Waals surface area contributed by atoms with Crippen LogP contribution in [0.4, 0.5) is 0 Å². The Hall–Kier alpha value is -2.30. The highest BCUT2D eigenvalue weighted by Gasteiger charge is 2.23. The number of carboxylic acids is 1. The van der Waals surface area contributed by atoms with Crippen LogP contribution in [0.2, 0.25) is 0 Å². The van der Waals surface area contributed by atoms with E-state index in [1.54, 1.807) is 6.92 Å². The summed E-state index contributed by atoms with van der Waals surface area (Å²) in [6.45, 7) is 2.64. The minimum Gasteiger partial charge on any atom is -0.480 e. The number of hydrogen-bond acceptors (Lipinski definition) is 7. The molecule has 0 unspecified atom stereocenters. The van der Waals surface area contributed by atoms with Crippen LogP contribution in [0.25, 0.3) is 0 Å². The third-order valence-corrected chi connectivity index (χ3v) is 3.25. The van der Waals surface area contributed by atoms with E-state index >= 15 is 0 Å². The lowest BCUT2D eigenvalue weighted by Crippen LogP contribution is -2.49. The van der Waals surface area contributed by atoms with Gasteiger partial charge >= 0.3 is 11.9 Å². The summed E-state index contributed by atoms with van der Waals surface area (Å²) in [6.07, 6.45) is -0.350. The van der Waals surface area contributed by atoms with E-state index in [1.165, 1.54) is 6.92 Å². The van der Waals surface area contributed by atoms with Crippen LogP contribution in [0, 0.1) is 0 Å². The molecule has 0 aliphatic heterocycles. The van der Waals surface area contributed by atoms with E-state index in [1.807, 2.05) is 0 Å². The Morgan fingerprint density at radius 3 is 2.24 bits per heavy atom. The van der Waals surface area contributed by atoms with Crippen LogP contribution in [0.3, 0.4) is 0 Å². The summed E-state index contributed by atoms with van der Waals surface area (Å²) in [5.41, 5.74) is 0. The second-order valence-corrected chi connectivity index (χ2v) is 5.32. The van der Waals surface area contributed by atoms with Crippen molar-refractivity contribution in [2.75, 3.05) is 18.9 Å². The first-order valence-electron chi connectivity index (χ1n) is 7.54. The number of carbonyl (C=O) groups is 5. The first-order chi connectivity index (χ1) is 11.7. The number of thiol groups is 1. The number of esters is 1. The number of ether oxygens (including phenoxy) is 1. The summed E-state index contributed by atoms with van der Waals surface area (Å²) < 4.78 is 4.66. The highest BCUT2D eigenvalue weighted by Crippen LogP contribution is 2.00. The molecular formula is C14H23N3O7S. The number of carboxylic acid groups (broad SMARTS) is 1. The van der Waals surface area contributed by atoms with Gasteiger partial charge in [0.1, 0.15) is 18.6 Å². The SMILES string of the molecule is CCOC(=O)CNC(=O)[C@H](CS)NC(=O)CC[C@H](NC(C)=O)C(=O)O. The van der Waals surface area contributed by atoms with Gasteiger partial charge in [0.25, 0.3) is 0 Å². The van der Waals surface area contributed by atoms with E-state index in [2.05, 4.69) is 33.3 Å². The van der Waals surface area contributed by atoms with Gasteiger partial charge in [0.2, 0.25) is 17.7 Å². The minimum atomic E-state index is -1.26. The largest absolute Gasteiger partial charge is 0.480 e. The van der Waals surface area contributed by atoms with Crippen LogP contribution in [0.1, 0.15) is 26.7 Å². The predicted octanol–water partition coefficient (Wildman–Crippen LogP) is -1.55. The molecule has 2 atom stereocenters. The van der Waals surface area contributed by atoms with Gasteiger partial charge < -0.3 is 25.8 Å². The fourth-order valence-electron chi connectivity index (χ4n) is 1.73. The quantitative estimate of drug-likeness (QED) is 0.216. The molecule has 0 spiro atoms. The van der Waals surface area contributed by atoms with Crippen molar-refractivity contribution in [2.45, 2.75) is 38.8 Å². The van der Waals surface area contributed by atoms with E-state index in [-0.39, 0.29) is 31.7 Å². The van der Waals surface area contributed by atoms with Gasteiger partial charge in [-0.1, -0.05) is 0 Å². The molecule has 0 aliphatic carbocycles. The monoisotopic (exact) mass is 377 g/mol. The van der Waals surface area contributed by atoms with Crippen LogP contribution in [0.15, 0.2) is 0 Å². The molecule has 0 aromatic heterocycles. The Balaban J connectivity index is 4.43. The standard InChI is InChI=1S/C14H23N3O7S/c1-3-24-12(20)6-15-13(21)10(7-25)17-11(19)5-4-9(14(22)23)16-8(2)18/h9-10,25H,3-7H2,1-2H3,(H,15,21)(H,16,18)(H,17,19)(H,22,23)/t9-,10-/m0/s1. The van der Waals surface area contributed by atoms with Gasteiger partial charge in [-0.3, -0.25) is 19.2 Å². The zero-order chi connectivity index (χ0) is 19.4. The van der Waals surface area contributed by atoms with E-state index in [9.17, 15) is 24.0 Å². The third kappa shape index (κ3) is 10.2. The van der Waals surface area contributed by atoms with E-state index in [4.69, 9.17) is 5.11 Å². The molecule has 10 nitrogen and oxygen atoms in total. The predicted molar refractivity (Wildman–Crippen MR) is 89.9 cm³/mol. The van der Waals surface area contributed by atoms with Crippen molar-refractivity contribution in [1.82, 2.24) is 16.0 Å². The molecule has 4 N–H and O–H groups in total. The molecule has 0 radical (unpaired) electrons. The number of nitrogens with one attached hydrogen (secondary N) is 3. The Morgan fingerprint density at radius 2 is 1.76 bits per heavy atom. The second kappa shape index (κ2) is 12.1. The molecule has 0 bridgehead atoms. The maximum atomic E-state index is 11.9. The number of aliphatic carboxylic acids is 1. The van der Waals surface area contributed by atoms with E-state index < -0.39 is 41.7 Å². The van der Waals surface area contributed by atoms with Crippen molar-refractivity contribution in [3.05, 3.63) is 0 Å². The molecule has 0 aliphatic rings. The van der Waals surface area contributed by atoms with Crippen molar-refractivity contribution in [2.24, 2.45) is 0 Å². The Bertz CT molecular complexity index is 513. The average Bonchev–Trinajstić information content (AvgIpc) is 2.53. The smallest absolute Gasteiger partial charge is 0.326 e. The van der Waals surface area contributed by atoms with Crippen LogP contribution in [-0.4, -0.2) is 65.8 Å². The van der Waals surface area contributed by atoms with Crippen molar-refractivity contribution in [3.8, 4) is 0 Å². The van der Waals surface area contributed by atoms with Gasteiger partial charge in [-0.05, 0) is 13.3 Å². The van der Waals surface area contributed by atoms with Crippen molar-refractivity contribution >= 4 is 42.3 Å². The van der Waals surface area contributed by atoms with Gasteiger partial charge in [0.05, 0.1) is 6.61 Å². The molecule has 0 rings (SSSR count). The zero-order valence-electron chi connectivity index (χ0n) is 14.0. The average molecular weight is 377 g/mol. The molecule has 11 heteroatoms. The number of rotatable bonds is 11. The highest BCUT2D eigenvalue weighted by molar-refractivity contribution is 7.80. The Kier molecular flexibility index (Phi) is 11.0. The van der Waals surface area contributed by atoms with E-state index in [0.717, 1.165) is 0 Å². The highest BCUT2D eigenvalue weighted by atomic mass is 32.1. The summed E-state index contributed by atoms with van der Waals surface area (Å²) in [4.78, 5) is 56.8. The molecular weight excluding hydrogens is 354 g/mol. The first-order valence-corrected chi connectivity index (χ1v) is 8.17. The van der Waals surface area contributed by atoms with Crippen molar-refractivity contribution < 1.29 is 33.8 Å². The summed E-state index contributed by atoms with van der Waals surface area (Å²) in [5, 5.41) is 15.8. The molecule has 0 fully saturated rings. The van der Waals surface area contributed by atoms with Gasteiger partial charge in [0, 0.05) is 19.1 Å². The number of amides is 3. The fraction of sp³-hybridized carbons (Fsp3) is 0.643. The van der Waals surface area contributed by atoms with Crippen LogP contribution in [-0.2, 0) is 28.7 Å². The normalized spacial score (nSPS) is 12.4. The molecule has 0 heterocycles. The molecule has 0 aromatic rings. The Morgan fingerprint density at radius 1 is 1.12 bits per heavy atom. The van der Waals surface area contributed by atoms with Crippen molar-refractivity contribution in [1.29, 1.82) is 0 Å². The molecule has 0 saturated heterocycles. The second-order valence-electron chi connectivity index (χ2n) is 4.96. The molecule has 0 saturated carbocycles. The zero-order valence-corrected chi connectivity index (χ0v) is 14.9. The lowest BCUT2D eigenvalue weighted by atomic mass is 10.1. The number of hydrogen-bond donors (Lipinski definition) is 5. The molecule has 142 valence electrons. The Labute approximate surface area is 150 Å². The topological polar surface area (TPSA) is 151 Å². The lowest BCUT2D eigenvalue weighted by molar-refractivity contribution is -0.143. The van der Waals surface area contributed by atoms with Crippen LogP contribution in [0.5, 0.6) is 0 Å². The maximum absolute atomic E-state index is 11.9. The molecule has 3 amide bonds. The fourth-order valence-corrected chi connectivity index (χ4v) is 1.99. The van der Waals surface area contributed by atoms with Gasteiger partial charge in [-0.25, -0.2) is 4.79 Å². The molecule has 0 aromatic carbocycles. The maximum Gasteiger partial charge on any atom is 0.326 e. The minimum absolute atomic E-state index is 0.0194. The summed E-state index contributed by atoms with van der Waals surface area (Å²) in [7, 11) is 0. The van der Waals surface area contributed by atoms with E-state index in [0.29, 0.717) is 0 Å². The van der Waals surface area contributed by atoms with Crippen molar-refractivity contribution in [3.63, 3.8) is 0 Å². The summed E-state index contributed by atoms with van der Waals surface area (Å²) in [5.74, 6) is -3.62.